The van der Waals surface area contributed by atoms with Crippen LogP contribution in [0.25, 0.3) is 0 Å². The van der Waals surface area contributed by atoms with Crippen molar-refractivity contribution in [2.45, 2.75) is 26.9 Å². The Kier molecular flexibility index (Phi) is 5.12. The first-order valence-corrected chi connectivity index (χ1v) is 5.67. The van der Waals surface area contributed by atoms with Crippen molar-refractivity contribution in [1.29, 1.82) is 0 Å². The van der Waals surface area contributed by atoms with Crippen molar-refractivity contribution in [2.75, 3.05) is 25.6 Å². The minimum absolute atomic E-state index is 0.219. The molecular weight excluding hydrogens is 202 g/mol. The molecule has 0 heterocycles. The van der Waals surface area contributed by atoms with Crippen molar-refractivity contribution in [3.05, 3.63) is 23.8 Å². The van der Waals surface area contributed by atoms with E-state index in [1.165, 1.54) is 5.56 Å². The van der Waals surface area contributed by atoms with Crippen molar-refractivity contribution in [2.24, 2.45) is 0 Å². The molecule has 3 nitrogen and oxygen atoms in total. The molecule has 0 aliphatic rings. The molecule has 0 aromatic heterocycles. The summed E-state index contributed by atoms with van der Waals surface area (Å²) in [6.07, 6.45) is 0.219. The molecule has 0 aliphatic carbocycles. The van der Waals surface area contributed by atoms with E-state index < -0.39 is 0 Å². The zero-order valence-corrected chi connectivity index (χ0v) is 10.5. The molecule has 0 radical (unpaired) electrons. The smallest absolute Gasteiger partial charge is 0.121 e. The maximum atomic E-state index is 5.46. The van der Waals surface area contributed by atoms with E-state index in [1.54, 1.807) is 7.11 Å². The maximum Gasteiger partial charge on any atom is 0.121 e. The van der Waals surface area contributed by atoms with Gasteiger partial charge in [0.25, 0.3) is 0 Å². The third-order valence-electron chi connectivity index (χ3n) is 2.33. The molecule has 3 heteroatoms. The van der Waals surface area contributed by atoms with Gasteiger partial charge in [-0.05, 0) is 38.5 Å². The molecule has 1 aromatic carbocycles. The zero-order valence-electron chi connectivity index (χ0n) is 10.5. The summed E-state index contributed by atoms with van der Waals surface area (Å²) in [4.78, 5) is 0. The number of aryl methyl sites for hydroxylation is 1. The fourth-order valence-electron chi connectivity index (χ4n) is 1.57. The normalized spacial score (nSPS) is 12.2. The molecule has 1 rings (SSSR count). The number of ether oxygens (including phenoxy) is 2. The Morgan fingerprint density at radius 2 is 2.06 bits per heavy atom. The fraction of sp³-hybridized carbons (Fsp3) is 0.538. The predicted molar refractivity (Wildman–Crippen MR) is 67.3 cm³/mol. The van der Waals surface area contributed by atoms with Gasteiger partial charge in [0, 0.05) is 24.9 Å². The SMILES string of the molecule is CCOC(C)CNc1cc(C)cc(OC)c1. The summed E-state index contributed by atoms with van der Waals surface area (Å²) in [7, 11) is 1.68. The molecule has 0 saturated carbocycles. The van der Waals surface area contributed by atoms with Crippen LogP contribution < -0.4 is 10.1 Å². The molecule has 90 valence electrons. The first kappa shape index (κ1) is 12.8. The van der Waals surface area contributed by atoms with E-state index in [4.69, 9.17) is 9.47 Å². The minimum atomic E-state index is 0.219. The van der Waals surface area contributed by atoms with Crippen molar-refractivity contribution in [3.8, 4) is 5.75 Å². The summed E-state index contributed by atoms with van der Waals surface area (Å²) in [5, 5.41) is 3.34. The van der Waals surface area contributed by atoms with E-state index in [0.717, 1.165) is 24.6 Å². The summed E-state index contributed by atoms with van der Waals surface area (Å²) >= 11 is 0. The van der Waals surface area contributed by atoms with Crippen LogP contribution in [-0.4, -0.2) is 26.4 Å². The Morgan fingerprint density at radius 1 is 1.31 bits per heavy atom. The van der Waals surface area contributed by atoms with Gasteiger partial charge in [0.2, 0.25) is 0 Å². The van der Waals surface area contributed by atoms with Crippen LogP contribution in [0.15, 0.2) is 18.2 Å². The molecule has 0 amide bonds. The van der Waals surface area contributed by atoms with Crippen molar-refractivity contribution >= 4 is 5.69 Å². The van der Waals surface area contributed by atoms with Gasteiger partial charge in [-0.15, -0.1) is 0 Å². The Hall–Kier alpha value is -1.22. The van der Waals surface area contributed by atoms with E-state index in [0.29, 0.717) is 0 Å². The molecule has 0 aliphatic heterocycles. The Morgan fingerprint density at radius 3 is 2.69 bits per heavy atom. The molecule has 0 saturated heterocycles. The van der Waals surface area contributed by atoms with Crippen LogP contribution in [0, 0.1) is 6.92 Å². The molecule has 0 fully saturated rings. The van der Waals surface area contributed by atoms with Crippen LogP contribution in [0.3, 0.4) is 0 Å². The first-order chi connectivity index (χ1) is 7.65. The lowest BCUT2D eigenvalue weighted by Crippen LogP contribution is -2.19. The average Bonchev–Trinajstić information content (AvgIpc) is 2.26. The molecule has 1 N–H and O–H groups in total. The monoisotopic (exact) mass is 223 g/mol. The second-order valence-electron chi connectivity index (χ2n) is 3.89. The molecule has 16 heavy (non-hydrogen) atoms. The van der Waals surface area contributed by atoms with Gasteiger partial charge >= 0.3 is 0 Å². The van der Waals surface area contributed by atoms with Crippen LogP contribution in [0.2, 0.25) is 0 Å². The molecule has 1 atom stereocenters. The van der Waals surface area contributed by atoms with E-state index in [2.05, 4.69) is 25.2 Å². The molecule has 0 bridgehead atoms. The van der Waals surface area contributed by atoms with E-state index in [-0.39, 0.29) is 6.10 Å². The van der Waals surface area contributed by atoms with Crippen molar-refractivity contribution < 1.29 is 9.47 Å². The van der Waals surface area contributed by atoms with E-state index >= 15 is 0 Å². The Bertz CT molecular complexity index is 326. The molecule has 1 aromatic rings. The lowest BCUT2D eigenvalue weighted by molar-refractivity contribution is 0.0855. The van der Waals surface area contributed by atoms with Gasteiger partial charge in [0.15, 0.2) is 0 Å². The van der Waals surface area contributed by atoms with Crippen LogP contribution in [0.1, 0.15) is 19.4 Å². The third-order valence-corrected chi connectivity index (χ3v) is 2.33. The summed E-state index contributed by atoms with van der Waals surface area (Å²) in [6, 6.07) is 6.10. The number of nitrogens with one attached hydrogen (secondary N) is 1. The second-order valence-corrected chi connectivity index (χ2v) is 3.89. The summed E-state index contributed by atoms with van der Waals surface area (Å²) in [6.45, 7) is 7.68. The van der Waals surface area contributed by atoms with Crippen LogP contribution >= 0.6 is 0 Å². The van der Waals surface area contributed by atoms with E-state index in [9.17, 15) is 0 Å². The number of methoxy groups -OCH3 is 1. The number of rotatable bonds is 6. The van der Waals surface area contributed by atoms with Gasteiger partial charge in [0.05, 0.1) is 13.2 Å². The van der Waals surface area contributed by atoms with Crippen LogP contribution in [0.5, 0.6) is 5.75 Å². The van der Waals surface area contributed by atoms with Crippen LogP contribution in [0.4, 0.5) is 5.69 Å². The number of benzene rings is 1. The van der Waals surface area contributed by atoms with Gasteiger partial charge in [-0.2, -0.15) is 0 Å². The highest BCUT2D eigenvalue weighted by Gasteiger charge is 2.02. The zero-order chi connectivity index (χ0) is 12.0. The lowest BCUT2D eigenvalue weighted by Gasteiger charge is -2.14. The van der Waals surface area contributed by atoms with Crippen molar-refractivity contribution in [1.82, 2.24) is 0 Å². The second kappa shape index (κ2) is 6.38. The Labute approximate surface area is 97.8 Å². The highest BCUT2D eigenvalue weighted by molar-refractivity contribution is 5.51. The topological polar surface area (TPSA) is 30.5 Å². The van der Waals surface area contributed by atoms with Gasteiger partial charge in [-0.3, -0.25) is 0 Å². The number of hydrogen-bond acceptors (Lipinski definition) is 3. The minimum Gasteiger partial charge on any atom is -0.497 e. The standard InChI is InChI=1S/C13H21NO2/c1-5-16-11(3)9-14-12-6-10(2)7-13(8-12)15-4/h6-8,11,14H,5,9H2,1-4H3. The van der Waals surface area contributed by atoms with Gasteiger partial charge in [-0.25, -0.2) is 0 Å². The lowest BCUT2D eigenvalue weighted by atomic mass is 10.2. The summed E-state index contributed by atoms with van der Waals surface area (Å²) < 4.78 is 10.7. The summed E-state index contributed by atoms with van der Waals surface area (Å²) in [5.41, 5.74) is 2.26. The number of anilines is 1. The molecular formula is C13H21NO2. The van der Waals surface area contributed by atoms with Crippen LogP contribution in [-0.2, 0) is 4.74 Å². The van der Waals surface area contributed by atoms with Gasteiger partial charge < -0.3 is 14.8 Å². The first-order valence-electron chi connectivity index (χ1n) is 5.67. The highest BCUT2D eigenvalue weighted by Crippen LogP contribution is 2.20. The van der Waals surface area contributed by atoms with Crippen molar-refractivity contribution in [3.63, 3.8) is 0 Å². The van der Waals surface area contributed by atoms with Gasteiger partial charge in [-0.1, -0.05) is 0 Å². The molecule has 0 spiro atoms. The third kappa shape index (κ3) is 4.11. The average molecular weight is 223 g/mol. The predicted octanol–water partition coefficient (Wildman–Crippen LogP) is 2.84. The largest absolute Gasteiger partial charge is 0.497 e. The highest BCUT2D eigenvalue weighted by atomic mass is 16.5. The fourth-order valence-corrected chi connectivity index (χ4v) is 1.57. The summed E-state index contributed by atoms with van der Waals surface area (Å²) in [5.74, 6) is 0.881. The maximum absolute atomic E-state index is 5.46. The Balaban J connectivity index is 2.56. The quantitative estimate of drug-likeness (QED) is 0.804. The van der Waals surface area contributed by atoms with E-state index in [1.807, 2.05) is 19.1 Å². The molecule has 1 unspecified atom stereocenters. The number of hydrogen-bond donors (Lipinski definition) is 1. The van der Waals surface area contributed by atoms with Gasteiger partial charge in [0.1, 0.15) is 5.75 Å².